The zero-order valence-corrected chi connectivity index (χ0v) is 9.96. The van der Waals surface area contributed by atoms with Crippen LogP contribution in [0.2, 0.25) is 5.02 Å². The Hall–Kier alpha value is -2.02. The van der Waals surface area contributed by atoms with E-state index in [-0.39, 0.29) is 10.7 Å². The van der Waals surface area contributed by atoms with E-state index in [1.54, 1.807) is 6.07 Å². The predicted molar refractivity (Wildman–Crippen MR) is 61.0 cm³/mol. The van der Waals surface area contributed by atoms with Crippen LogP contribution in [0, 0.1) is 0 Å². The Morgan fingerprint density at radius 1 is 1.32 bits per heavy atom. The fourth-order valence-electron chi connectivity index (χ4n) is 1.59. The van der Waals surface area contributed by atoms with Crippen LogP contribution in [0.5, 0.6) is 0 Å². The Kier molecular flexibility index (Phi) is 3.23. The van der Waals surface area contributed by atoms with E-state index >= 15 is 0 Å². The molecule has 0 aliphatic rings. The van der Waals surface area contributed by atoms with E-state index in [0.29, 0.717) is 10.9 Å². The first-order chi connectivity index (χ1) is 8.82. The third-order valence-electron chi connectivity index (χ3n) is 2.36. The fourth-order valence-corrected chi connectivity index (χ4v) is 1.81. The molecule has 0 aliphatic carbocycles. The number of amides is 1. The lowest BCUT2D eigenvalue weighted by atomic mass is 10.2. The summed E-state index contributed by atoms with van der Waals surface area (Å²) in [4.78, 5) is 10.9. The van der Waals surface area contributed by atoms with Crippen LogP contribution in [0.3, 0.4) is 0 Å². The molecule has 1 aromatic heterocycles. The number of alkyl halides is 3. The minimum atomic E-state index is -4.82. The van der Waals surface area contributed by atoms with E-state index in [2.05, 4.69) is 5.10 Å². The van der Waals surface area contributed by atoms with Gasteiger partial charge in [-0.3, -0.25) is 10.5 Å². The van der Waals surface area contributed by atoms with E-state index in [0.717, 1.165) is 0 Å². The summed E-state index contributed by atoms with van der Waals surface area (Å²) in [5.74, 6) is -1.45. The molecule has 1 radical (unpaired) electrons. The molecule has 1 aromatic carbocycles. The molecule has 0 bridgehead atoms. The summed E-state index contributed by atoms with van der Waals surface area (Å²) >= 11 is 5.81. The Labute approximate surface area is 110 Å². The number of para-hydroxylation sites is 1. The second-order valence-electron chi connectivity index (χ2n) is 3.60. The van der Waals surface area contributed by atoms with Crippen molar-refractivity contribution in [3.8, 4) is 5.69 Å². The third-order valence-corrected chi connectivity index (χ3v) is 2.68. The molecule has 2 aromatic rings. The predicted octanol–water partition coefficient (Wildman–Crippen LogP) is 2.97. The molecule has 1 amide bonds. The van der Waals surface area contributed by atoms with Gasteiger partial charge in [-0.1, -0.05) is 23.7 Å². The number of rotatable bonds is 2. The summed E-state index contributed by atoms with van der Waals surface area (Å²) in [6.07, 6.45) is -4.11. The zero-order valence-electron chi connectivity index (χ0n) is 9.20. The van der Waals surface area contributed by atoms with Crippen molar-refractivity contribution in [3.63, 3.8) is 0 Å². The van der Waals surface area contributed by atoms with E-state index < -0.39 is 23.3 Å². The number of nitrogens with zero attached hydrogens (tertiary/aromatic N) is 2. The van der Waals surface area contributed by atoms with Gasteiger partial charge in [0.05, 0.1) is 22.5 Å². The van der Waals surface area contributed by atoms with Crippen molar-refractivity contribution >= 4 is 17.5 Å². The second-order valence-corrected chi connectivity index (χ2v) is 4.00. The van der Waals surface area contributed by atoms with Crippen LogP contribution in [0.4, 0.5) is 13.2 Å². The molecule has 0 saturated carbocycles. The summed E-state index contributed by atoms with van der Waals surface area (Å²) in [6, 6.07) is 5.79. The lowest BCUT2D eigenvalue weighted by Gasteiger charge is -2.12. The molecule has 19 heavy (non-hydrogen) atoms. The topological polar surface area (TPSA) is 58.7 Å². The number of halogens is 4. The van der Waals surface area contributed by atoms with Crippen molar-refractivity contribution in [1.82, 2.24) is 15.5 Å². The molecule has 1 N–H and O–H groups in total. The van der Waals surface area contributed by atoms with Crippen molar-refractivity contribution in [1.29, 1.82) is 0 Å². The Balaban J connectivity index is 2.73. The number of carbonyl (C=O) groups is 1. The SMILES string of the molecule is [NH]C(=O)c1cnn(-c2ccccc2Cl)c1C(F)(F)F. The van der Waals surface area contributed by atoms with E-state index in [1.165, 1.54) is 18.2 Å². The van der Waals surface area contributed by atoms with Crippen LogP contribution in [0.25, 0.3) is 5.69 Å². The van der Waals surface area contributed by atoms with Crippen LogP contribution in [0.1, 0.15) is 16.1 Å². The minimum absolute atomic E-state index is 0.0102. The number of carbonyl (C=O) groups excluding carboxylic acids is 1. The van der Waals surface area contributed by atoms with Crippen molar-refractivity contribution in [2.45, 2.75) is 6.18 Å². The average Bonchev–Trinajstić information content (AvgIpc) is 2.73. The molecule has 4 nitrogen and oxygen atoms in total. The van der Waals surface area contributed by atoms with Crippen LogP contribution in [-0.4, -0.2) is 15.7 Å². The van der Waals surface area contributed by atoms with Gasteiger partial charge >= 0.3 is 6.18 Å². The van der Waals surface area contributed by atoms with Gasteiger partial charge in [-0.2, -0.15) is 18.3 Å². The number of hydrogen-bond donors (Lipinski definition) is 0. The summed E-state index contributed by atoms with van der Waals surface area (Å²) in [5, 5.41) is 3.56. The van der Waals surface area contributed by atoms with E-state index in [1.807, 2.05) is 0 Å². The molecule has 0 fully saturated rings. The first-order valence-corrected chi connectivity index (χ1v) is 5.36. The third kappa shape index (κ3) is 2.41. The van der Waals surface area contributed by atoms with Gasteiger partial charge in [0.25, 0.3) is 5.91 Å². The summed E-state index contributed by atoms with van der Waals surface area (Å²) in [7, 11) is 0. The molecule has 8 heteroatoms. The van der Waals surface area contributed by atoms with Gasteiger partial charge in [-0.15, -0.1) is 0 Å². The highest BCUT2D eigenvalue weighted by Crippen LogP contribution is 2.34. The van der Waals surface area contributed by atoms with Gasteiger partial charge in [0.2, 0.25) is 0 Å². The van der Waals surface area contributed by atoms with Gasteiger partial charge < -0.3 is 0 Å². The number of benzene rings is 1. The van der Waals surface area contributed by atoms with Gasteiger partial charge in [-0.05, 0) is 12.1 Å². The monoisotopic (exact) mass is 288 g/mol. The molecule has 2 rings (SSSR count). The zero-order chi connectivity index (χ0) is 14.2. The maximum atomic E-state index is 13.0. The van der Waals surface area contributed by atoms with Crippen molar-refractivity contribution < 1.29 is 18.0 Å². The van der Waals surface area contributed by atoms with Crippen LogP contribution >= 0.6 is 11.6 Å². The second kappa shape index (κ2) is 4.58. The van der Waals surface area contributed by atoms with Crippen LogP contribution in [-0.2, 0) is 6.18 Å². The molecule has 0 aliphatic heterocycles. The normalized spacial score (nSPS) is 11.6. The number of hydrogen-bond acceptors (Lipinski definition) is 2. The van der Waals surface area contributed by atoms with Crippen LogP contribution in [0.15, 0.2) is 30.5 Å². The fraction of sp³-hybridized carbons (Fsp3) is 0.0909. The highest BCUT2D eigenvalue weighted by molar-refractivity contribution is 6.32. The highest BCUT2D eigenvalue weighted by Gasteiger charge is 2.40. The van der Waals surface area contributed by atoms with Crippen molar-refractivity contribution in [3.05, 3.63) is 46.7 Å². The van der Waals surface area contributed by atoms with E-state index in [4.69, 9.17) is 17.3 Å². The van der Waals surface area contributed by atoms with E-state index in [9.17, 15) is 18.0 Å². The lowest BCUT2D eigenvalue weighted by Crippen LogP contribution is -2.17. The summed E-state index contributed by atoms with van der Waals surface area (Å²) in [5.41, 5.74) is 4.72. The molecular formula is C11H6ClF3N3O. The van der Waals surface area contributed by atoms with Gasteiger partial charge in [0, 0.05) is 0 Å². The number of aromatic nitrogens is 2. The maximum Gasteiger partial charge on any atom is 0.434 e. The summed E-state index contributed by atoms with van der Waals surface area (Å²) < 4.78 is 39.5. The Morgan fingerprint density at radius 3 is 2.47 bits per heavy atom. The minimum Gasteiger partial charge on any atom is -0.267 e. The average molecular weight is 289 g/mol. The summed E-state index contributed by atoms with van der Waals surface area (Å²) in [6.45, 7) is 0. The Bertz CT molecular complexity index is 636. The van der Waals surface area contributed by atoms with Gasteiger partial charge in [0.1, 0.15) is 0 Å². The lowest BCUT2D eigenvalue weighted by molar-refractivity contribution is -0.143. The van der Waals surface area contributed by atoms with Crippen molar-refractivity contribution in [2.24, 2.45) is 0 Å². The first kappa shape index (κ1) is 13.4. The molecule has 99 valence electrons. The largest absolute Gasteiger partial charge is 0.434 e. The molecule has 0 atom stereocenters. The maximum absolute atomic E-state index is 13.0. The number of nitrogens with one attached hydrogen (secondary N) is 1. The quantitative estimate of drug-likeness (QED) is 0.853. The first-order valence-electron chi connectivity index (χ1n) is 4.98. The smallest absolute Gasteiger partial charge is 0.267 e. The van der Waals surface area contributed by atoms with Crippen molar-refractivity contribution in [2.75, 3.05) is 0 Å². The van der Waals surface area contributed by atoms with Gasteiger partial charge in [-0.25, -0.2) is 4.68 Å². The molecule has 0 unspecified atom stereocenters. The standard InChI is InChI=1S/C11H6ClF3N3O/c12-7-3-1-2-4-8(7)18-9(11(13,14)15)6(5-17-18)10(16)19/h1-5,16H. The molecular weight excluding hydrogens is 283 g/mol. The van der Waals surface area contributed by atoms with Crippen LogP contribution < -0.4 is 5.73 Å². The molecule has 1 heterocycles. The molecule has 0 spiro atoms. The molecule has 0 saturated heterocycles. The van der Waals surface area contributed by atoms with Gasteiger partial charge in [0.15, 0.2) is 5.69 Å². The highest BCUT2D eigenvalue weighted by atomic mass is 35.5. The Morgan fingerprint density at radius 2 is 1.95 bits per heavy atom.